The number of aliphatic hydroxyl groups excluding tert-OH is 1. The quantitative estimate of drug-likeness (QED) is 0.372. The normalized spacial score (nSPS) is 43.0. The molecule has 0 saturated carbocycles. The van der Waals surface area contributed by atoms with Crippen molar-refractivity contribution >= 4 is 28.6 Å². The van der Waals surface area contributed by atoms with Crippen LogP contribution in [0.5, 0.6) is 0 Å². The Bertz CT molecular complexity index is 136. The smallest absolute Gasteiger partial charge is 0.322 e. The molecule has 0 aromatic carbocycles. The van der Waals surface area contributed by atoms with Crippen LogP contribution in [0.3, 0.4) is 0 Å². The minimum absolute atomic E-state index is 0.310. The van der Waals surface area contributed by atoms with Gasteiger partial charge in [-0.05, 0) is 6.92 Å². The van der Waals surface area contributed by atoms with Crippen molar-refractivity contribution in [1.29, 1.82) is 0 Å². The van der Waals surface area contributed by atoms with Gasteiger partial charge in [0.2, 0.25) is 0 Å². The van der Waals surface area contributed by atoms with E-state index >= 15 is 0 Å². The fourth-order valence-electron chi connectivity index (χ4n) is 0.695. The van der Waals surface area contributed by atoms with E-state index in [0.29, 0.717) is 0 Å². The van der Waals surface area contributed by atoms with Crippen molar-refractivity contribution in [1.82, 2.24) is 0 Å². The van der Waals surface area contributed by atoms with Gasteiger partial charge >= 0.3 is 5.97 Å². The molecular weight excluding hydrogens is 235 g/mol. The first kappa shape index (κ1) is 7.27. The predicted octanol–water partition coefficient (Wildman–Crippen LogP) is 0.0962. The zero-order chi connectivity index (χ0) is 7.02. The minimum atomic E-state index is -0.627. The van der Waals surface area contributed by atoms with Gasteiger partial charge in [-0.25, -0.2) is 0 Å². The van der Waals surface area contributed by atoms with Crippen molar-refractivity contribution in [3.8, 4) is 0 Å². The second-order valence-corrected chi connectivity index (χ2v) is 3.38. The molecule has 0 radical (unpaired) electrons. The van der Waals surface area contributed by atoms with Crippen molar-refractivity contribution in [3.05, 3.63) is 0 Å². The second kappa shape index (κ2) is 2.42. The van der Waals surface area contributed by atoms with Crippen LogP contribution in [0.15, 0.2) is 0 Å². The summed E-state index contributed by atoms with van der Waals surface area (Å²) in [4.78, 5) is 10.6. The van der Waals surface area contributed by atoms with E-state index in [1.165, 1.54) is 0 Å². The Balaban J connectivity index is 2.65. The van der Waals surface area contributed by atoms with Crippen LogP contribution in [-0.2, 0) is 9.53 Å². The molecule has 1 heterocycles. The molecule has 9 heavy (non-hydrogen) atoms. The topological polar surface area (TPSA) is 46.5 Å². The van der Waals surface area contributed by atoms with E-state index < -0.39 is 6.10 Å². The number of halogens is 1. The molecule has 1 rings (SSSR count). The number of ether oxygens (including phenoxy) is 1. The third-order valence-electron chi connectivity index (χ3n) is 1.31. The van der Waals surface area contributed by atoms with E-state index in [-0.39, 0.29) is 16.0 Å². The molecule has 52 valence electrons. The largest absolute Gasteiger partial charge is 0.459 e. The minimum Gasteiger partial charge on any atom is -0.459 e. The summed E-state index contributed by atoms with van der Waals surface area (Å²) in [7, 11) is 0. The third-order valence-corrected chi connectivity index (χ3v) is 2.55. The molecule has 0 bridgehead atoms. The molecule has 0 amide bonds. The van der Waals surface area contributed by atoms with Crippen molar-refractivity contribution in [2.24, 2.45) is 0 Å². The van der Waals surface area contributed by atoms with E-state index in [9.17, 15) is 4.79 Å². The summed E-state index contributed by atoms with van der Waals surface area (Å²) in [6, 6.07) is 0. The van der Waals surface area contributed by atoms with E-state index in [1.807, 2.05) is 22.6 Å². The van der Waals surface area contributed by atoms with Crippen molar-refractivity contribution < 1.29 is 14.6 Å². The van der Waals surface area contributed by atoms with Crippen LogP contribution >= 0.6 is 22.6 Å². The lowest BCUT2D eigenvalue weighted by molar-refractivity contribution is -0.140. The van der Waals surface area contributed by atoms with Crippen LogP contribution in [-0.4, -0.2) is 27.2 Å². The number of cyclic esters (lactones) is 1. The number of esters is 1. The SMILES string of the molecule is CC1OC(=O)C(I)C1O. The zero-order valence-electron chi connectivity index (χ0n) is 4.87. The predicted molar refractivity (Wildman–Crippen MR) is 39.4 cm³/mol. The fraction of sp³-hybridized carbons (Fsp3) is 0.800. The highest BCUT2D eigenvalue weighted by Crippen LogP contribution is 2.21. The summed E-state index contributed by atoms with van der Waals surface area (Å²) in [5.41, 5.74) is 0. The summed E-state index contributed by atoms with van der Waals surface area (Å²) >= 11 is 1.87. The van der Waals surface area contributed by atoms with Gasteiger partial charge in [-0.15, -0.1) is 0 Å². The van der Waals surface area contributed by atoms with Crippen molar-refractivity contribution in [2.45, 2.75) is 23.1 Å². The number of alkyl halides is 1. The number of carbonyl (C=O) groups excluding carboxylic acids is 1. The summed E-state index contributed by atoms with van der Waals surface area (Å²) in [6.07, 6.45) is -0.961. The number of hydrogen-bond donors (Lipinski definition) is 1. The number of rotatable bonds is 0. The highest BCUT2D eigenvalue weighted by atomic mass is 127. The molecule has 0 spiro atoms. The molecule has 1 aliphatic heterocycles. The molecule has 0 aromatic rings. The lowest BCUT2D eigenvalue weighted by Gasteiger charge is -2.04. The molecular formula is C5H7IO3. The zero-order valence-corrected chi connectivity index (χ0v) is 7.03. The highest BCUT2D eigenvalue weighted by Gasteiger charge is 2.38. The Labute approximate surface area is 66.5 Å². The Morgan fingerprint density at radius 1 is 1.78 bits per heavy atom. The van der Waals surface area contributed by atoms with E-state index in [0.717, 1.165) is 0 Å². The summed E-state index contributed by atoms with van der Waals surface area (Å²) in [5.74, 6) is -0.310. The Kier molecular flexibility index (Phi) is 1.95. The van der Waals surface area contributed by atoms with Crippen LogP contribution in [0.1, 0.15) is 6.92 Å². The molecule has 0 aromatic heterocycles. The summed E-state index contributed by atoms with van der Waals surface area (Å²) in [5, 5.41) is 9.08. The molecule has 0 aliphatic carbocycles. The van der Waals surface area contributed by atoms with E-state index in [2.05, 4.69) is 4.74 Å². The molecule has 1 fully saturated rings. The monoisotopic (exact) mass is 242 g/mol. The first-order valence-corrected chi connectivity index (χ1v) is 3.90. The van der Waals surface area contributed by atoms with Gasteiger partial charge in [0.15, 0.2) is 0 Å². The number of hydrogen-bond acceptors (Lipinski definition) is 3. The maximum atomic E-state index is 10.6. The van der Waals surface area contributed by atoms with Gasteiger partial charge in [-0.3, -0.25) is 4.79 Å². The van der Waals surface area contributed by atoms with Crippen molar-refractivity contribution in [3.63, 3.8) is 0 Å². The number of carbonyl (C=O) groups is 1. The second-order valence-electron chi connectivity index (χ2n) is 2.03. The number of aliphatic hydroxyl groups is 1. The third kappa shape index (κ3) is 1.19. The molecule has 1 aliphatic rings. The molecule has 3 nitrogen and oxygen atoms in total. The van der Waals surface area contributed by atoms with Crippen LogP contribution in [0, 0.1) is 0 Å². The Morgan fingerprint density at radius 2 is 2.33 bits per heavy atom. The Morgan fingerprint density at radius 3 is 2.44 bits per heavy atom. The maximum absolute atomic E-state index is 10.6. The van der Waals surface area contributed by atoms with Gasteiger partial charge < -0.3 is 9.84 Å². The average Bonchev–Trinajstić information content (AvgIpc) is 1.98. The van der Waals surface area contributed by atoms with Gasteiger partial charge in [-0.2, -0.15) is 0 Å². The lowest BCUT2D eigenvalue weighted by atomic mass is 10.2. The molecule has 3 unspecified atom stereocenters. The van der Waals surface area contributed by atoms with Gasteiger partial charge in [0, 0.05) is 0 Å². The van der Waals surface area contributed by atoms with Gasteiger partial charge in [0.1, 0.15) is 16.1 Å². The average molecular weight is 242 g/mol. The van der Waals surface area contributed by atoms with Crippen LogP contribution in [0.25, 0.3) is 0 Å². The first-order valence-electron chi connectivity index (χ1n) is 2.65. The van der Waals surface area contributed by atoms with Gasteiger partial charge in [0.25, 0.3) is 0 Å². The van der Waals surface area contributed by atoms with Crippen LogP contribution < -0.4 is 0 Å². The maximum Gasteiger partial charge on any atom is 0.322 e. The Hall–Kier alpha value is 0.160. The van der Waals surface area contributed by atoms with Gasteiger partial charge in [-0.1, -0.05) is 22.6 Å². The fourth-order valence-corrected chi connectivity index (χ4v) is 1.43. The van der Waals surface area contributed by atoms with E-state index in [1.54, 1.807) is 6.92 Å². The molecule has 1 saturated heterocycles. The van der Waals surface area contributed by atoms with Crippen molar-refractivity contribution in [2.75, 3.05) is 0 Å². The summed E-state index contributed by atoms with van der Waals surface area (Å²) in [6.45, 7) is 1.68. The van der Waals surface area contributed by atoms with E-state index in [4.69, 9.17) is 5.11 Å². The molecule has 4 heteroatoms. The first-order chi connectivity index (χ1) is 4.13. The molecule has 1 N–H and O–H groups in total. The summed E-state index contributed by atoms with van der Waals surface area (Å²) < 4.78 is 4.31. The standard InChI is InChI=1S/C5H7IO3/c1-2-4(7)3(6)5(8)9-2/h2-4,7H,1H3. The van der Waals surface area contributed by atoms with Gasteiger partial charge in [0.05, 0.1) is 0 Å². The molecule has 3 atom stereocenters. The highest BCUT2D eigenvalue weighted by molar-refractivity contribution is 14.1. The van der Waals surface area contributed by atoms with Crippen LogP contribution in [0.2, 0.25) is 0 Å². The van der Waals surface area contributed by atoms with Crippen LogP contribution in [0.4, 0.5) is 0 Å². The lowest BCUT2D eigenvalue weighted by Crippen LogP contribution is -2.24.